The molecule has 0 radical (unpaired) electrons. The van der Waals surface area contributed by atoms with Crippen LogP contribution in [0, 0.1) is 35.5 Å². The molecule has 6 aromatic rings. The maximum atomic E-state index is 12.8. The number of benzene rings is 6. The number of amides is 2. The number of nitrogens with one attached hydrogen (secondary N) is 1. The molecule has 0 aromatic heterocycles. The number of carbonyl (C=O) groups excluding carboxylic acids is 6. The van der Waals surface area contributed by atoms with E-state index in [-0.39, 0.29) is 71.6 Å². The largest absolute Gasteiger partial charge is 0.493 e. The zero-order valence-corrected chi connectivity index (χ0v) is 71.8. The van der Waals surface area contributed by atoms with E-state index in [1.54, 1.807) is 104 Å². The molecule has 6 aliphatic heterocycles. The summed E-state index contributed by atoms with van der Waals surface area (Å²) in [5.41, 5.74) is 4.83. The van der Waals surface area contributed by atoms with Crippen LogP contribution < -0.4 is 62.2 Å². The van der Waals surface area contributed by atoms with Gasteiger partial charge in [-0.2, -0.15) is 0 Å². The van der Waals surface area contributed by atoms with Gasteiger partial charge in [0.15, 0.2) is 69.0 Å². The number of piperazine rings is 3. The summed E-state index contributed by atoms with van der Waals surface area (Å²) < 4.78 is 96.3. The third kappa shape index (κ3) is 27.9. The molecule has 30 nitrogen and oxygen atoms in total. The Hall–Kier alpha value is -9.76. The van der Waals surface area contributed by atoms with Crippen molar-refractivity contribution in [1.29, 1.82) is 0 Å². The van der Waals surface area contributed by atoms with Crippen LogP contribution in [0.1, 0.15) is 33.4 Å². The first kappa shape index (κ1) is 94.7. The molecule has 6 saturated heterocycles. The summed E-state index contributed by atoms with van der Waals surface area (Å²) in [6.07, 6.45) is 2.65. The van der Waals surface area contributed by atoms with Crippen LogP contribution in [-0.2, 0) is 81.3 Å². The first-order valence-electron chi connectivity index (χ1n) is 39.6. The lowest BCUT2D eigenvalue weighted by Gasteiger charge is -2.33. The van der Waals surface area contributed by atoms with Crippen LogP contribution in [-0.4, -0.2) is 283 Å². The van der Waals surface area contributed by atoms with E-state index in [1.807, 2.05) is 78.9 Å². The zero-order valence-electron chi connectivity index (χ0n) is 70.3. The van der Waals surface area contributed by atoms with Gasteiger partial charge in [0, 0.05) is 149 Å². The molecule has 119 heavy (non-hydrogen) atoms. The van der Waals surface area contributed by atoms with Gasteiger partial charge in [0.2, 0.25) is 0 Å². The first-order valence-corrected chi connectivity index (χ1v) is 40.0. The molecule has 6 heterocycles. The van der Waals surface area contributed by atoms with Gasteiger partial charge in [-0.05, 0) is 145 Å². The summed E-state index contributed by atoms with van der Waals surface area (Å²) in [6.45, 7) is 16.1. The molecular formula is C87H116Cl2N6O24. The Labute approximate surface area is 708 Å². The van der Waals surface area contributed by atoms with Crippen LogP contribution in [0.4, 0.5) is 14.4 Å². The van der Waals surface area contributed by atoms with Gasteiger partial charge >= 0.3 is 35.5 Å². The van der Waals surface area contributed by atoms with Gasteiger partial charge in [-0.1, -0.05) is 36.4 Å². The second-order valence-corrected chi connectivity index (χ2v) is 29.3. The van der Waals surface area contributed by atoms with Gasteiger partial charge in [-0.3, -0.25) is 29.1 Å². The second-order valence-electron chi connectivity index (χ2n) is 29.0. The minimum Gasteiger partial charge on any atom is -0.493 e. The number of hydrogen-bond acceptors (Lipinski definition) is 28. The van der Waals surface area contributed by atoms with E-state index in [4.69, 9.17) is 96.9 Å². The Morgan fingerprint density at radius 3 is 0.840 bits per heavy atom. The summed E-state index contributed by atoms with van der Waals surface area (Å²) in [5.74, 6) is 4.61. The highest BCUT2D eigenvalue weighted by atomic mass is 35.5. The Kier molecular flexibility index (Phi) is 39.1. The van der Waals surface area contributed by atoms with Crippen LogP contribution in [0.2, 0.25) is 0 Å². The van der Waals surface area contributed by atoms with Gasteiger partial charge in [-0.15, -0.1) is 12.4 Å². The van der Waals surface area contributed by atoms with E-state index in [2.05, 4.69) is 20.0 Å². The average molecular weight is 1700 g/mol. The molecule has 652 valence electrons. The molecule has 0 bridgehead atoms. The molecule has 2 amide bonds. The maximum absolute atomic E-state index is 12.8. The number of esters is 3. The van der Waals surface area contributed by atoms with Crippen molar-refractivity contribution in [3.8, 4) is 69.0 Å². The molecule has 1 N–H and O–H groups in total. The summed E-state index contributed by atoms with van der Waals surface area (Å²) in [4.78, 5) is 84.6. The van der Waals surface area contributed by atoms with Crippen molar-refractivity contribution < 1.29 is 114 Å². The van der Waals surface area contributed by atoms with Crippen LogP contribution in [0.25, 0.3) is 0 Å². The average Bonchev–Trinajstić information content (AvgIpc) is 1.72. The summed E-state index contributed by atoms with van der Waals surface area (Å²) >= 11 is 5.28. The first-order chi connectivity index (χ1) is 57.3. The molecule has 0 spiro atoms. The minimum atomic E-state index is -0.949. The lowest BCUT2D eigenvalue weighted by atomic mass is 9.85. The quantitative estimate of drug-likeness (QED) is 0.0227. The molecular weight excluding hydrogens is 1580 g/mol. The third-order valence-corrected chi connectivity index (χ3v) is 21.8. The second kappa shape index (κ2) is 49.1. The molecule has 12 rings (SSSR count). The van der Waals surface area contributed by atoms with E-state index in [0.717, 1.165) is 98.9 Å². The maximum Gasteiger partial charge on any atom is 0.415 e. The fourth-order valence-electron chi connectivity index (χ4n) is 14.9. The number of ether oxygens (including phenoxy) is 18. The molecule has 6 aromatic carbocycles. The highest BCUT2D eigenvalue weighted by Crippen LogP contribution is 2.40. The highest BCUT2D eigenvalue weighted by Gasteiger charge is 2.40. The van der Waals surface area contributed by atoms with Crippen molar-refractivity contribution in [2.45, 2.75) is 38.5 Å². The highest BCUT2D eigenvalue weighted by molar-refractivity contribution is 6.61. The summed E-state index contributed by atoms with van der Waals surface area (Å²) in [5, 5.41) is 3.31. The predicted octanol–water partition coefficient (Wildman–Crippen LogP) is 10.1. The van der Waals surface area contributed by atoms with Gasteiger partial charge < -0.3 is 100 Å². The summed E-state index contributed by atoms with van der Waals surface area (Å²) in [7, 11) is 19.2. The summed E-state index contributed by atoms with van der Waals surface area (Å²) in [6, 6.07) is 33.2. The molecule has 6 atom stereocenters. The van der Waals surface area contributed by atoms with Gasteiger partial charge in [0.1, 0.15) is 0 Å². The number of methoxy groups -OCH3 is 12. The normalized spacial score (nSPS) is 19.1. The van der Waals surface area contributed by atoms with Crippen molar-refractivity contribution in [2.24, 2.45) is 35.5 Å². The van der Waals surface area contributed by atoms with E-state index >= 15 is 0 Å². The molecule has 0 unspecified atom stereocenters. The Morgan fingerprint density at radius 2 is 0.580 bits per heavy atom. The molecule has 0 saturated carbocycles. The molecule has 32 heteroatoms. The molecule has 6 fully saturated rings. The SMILES string of the molecule is COCCN1CCN(C(=O)Oc2ccc(C[C@H]3C(=O)OC[C@@H]3Cc3ccc(OC)c(OC)c3)cc2OC)CC1.COCCN1CCN(C(=O)Oc2ccc(C[C@H]3C(=O)OC[C@@H]3Cc3ccc(OC)c(OC)c3)cc2OC)CC1.COCCN1CCNCC1.COc1ccc(C[C@H]2COC(=O)[C@@H]2Cc2ccc(OC(=O)Cl)c(OC)c2)cc1OC.Cl. The number of nitrogens with zero attached hydrogens (tertiary/aromatic N) is 5. The van der Waals surface area contributed by atoms with Crippen LogP contribution >= 0.6 is 24.0 Å². The lowest BCUT2D eigenvalue weighted by molar-refractivity contribution is -0.142. The lowest BCUT2D eigenvalue weighted by Crippen LogP contribution is -2.50. The Bertz CT molecular complexity index is 4040. The molecule has 6 aliphatic rings. The fourth-order valence-corrected chi connectivity index (χ4v) is 15.0. The van der Waals surface area contributed by atoms with E-state index in [9.17, 15) is 28.8 Å². The molecule has 0 aliphatic carbocycles. The Balaban J connectivity index is 0.000000210. The minimum absolute atomic E-state index is 0. The van der Waals surface area contributed by atoms with Gasteiger partial charge in [-0.25, -0.2) is 14.4 Å². The monoisotopic (exact) mass is 1700 g/mol. The number of cyclic esters (lactones) is 3. The van der Waals surface area contributed by atoms with Gasteiger partial charge in [0.25, 0.3) is 0 Å². The van der Waals surface area contributed by atoms with Crippen LogP contribution in [0.3, 0.4) is 0 Å². The Morgan fingerprint density at radius 1 is 0.336 bits per heavy atom. The van der Waals surface area contributed by atoms with Gasteiger partial charge in [0.05, 0.1) is 121 Å². The standard InChI is InChI=1S/2C29H38N2O8.C22H23ClO7.C7H16N2O.ClH/c2*1-34-14-13-30-9-11-31(12-10-30)29(33)39-25-8-6-21(18-27(25)37-4)16-23-22(19-38-28(23)32)15-20-5-7-24(35-2)26(17-20)36-3;1-26-17-6-4-13(10-19(17)27-2)8-15-12-29-21(24)16(15)9-14-5-7-18(30-22(23)25)20(11-14)28-3;1-10-7-6-9-4-2-8-3-5-9;/h2*5-8,17-18,22-23H,9-16,19H2,1-4H3;4-7,10-11,15-16H,8-9,12H2,1-3H3;8H,2-7H2,1H3;1H/t2*22-,23+;15-,16+;;/m000../s1. The van der Waals surface area contributed by atoms with E-state index in [0.29, 0.717) is 161 Å². The van der Waals surface area contributed by atoms with E-state index in [1.165, 1.54) is 34.4 Å². The number of hydrogen-bond donors (Lipinski definition) is 1. The smallest absolute Gasteiger partial charge is 0.415 e. The predicted molar refractivity (Wildman–Crippen MR) is 446 cm³/mol. The number of carbonyl (C=O) groups is 6. The van der Waals surface area contributed by atoms with Crippen molar-refractivity contribution in [1.82, 2.24) is 29.8 Å². The third-order valence-electron chi connectivity index (χ3n) is 21.7. The van der Waals surface area contributed by atoms with Crippen molar-refractivity contribution >= 4 is 59.5 Å². The fraction of sp³-hybridized carbons (Fsp3) is 0.517. The zero-order chi connectivity index (χ0) is 84.5. The topological polar surface area (TPSA) is 297 Å². The van der Waals surface area contributed by atoms with Crippen LogP contribution in [0.5, 0.6) is 69.0 Å². The van der Waals surface area contributed by atoms with Crippen molar-refractivity contribution in [3.05, 3.63) is 143 Å². The van der Waals surface area contributed by atoms with E-state index < -0.39 is 17.6 Å². The number of rotatable bonds is 33. The van der Waals surface area contributed by atoms with Crippen molar-refractivity contribution in [3.63, 3.8) is 0 Å². The van der Waals surface area contributed by atoms with Crippen molar-refractivity contribution in [2.75, 3.05) is 223 Å². The van der Waals surface area contributed by atoms with Crippen LogP contribution in [0.15, 0.2) is 109 Å². The number of halogens is 2.